The molecule has 22 heavy (non-hydrogen) atoms. The maximum absolute atomic E-state index is 12.4. The van der Waals surface area contributed by atoms with Crippen LogP contribution in [0.2, 0.25) is 0 Å². The van der Waals surface area contributed by atoms with Crippen LogP contribution in [0.15, 0.2) is 23.1 Å². The molecule has 1 heterocycles. The second-order valence-corrected chi connectivity index (χ2v) is 9.50. The van der Waals surface area contributed by atoms with Gasteiger partial charge in [-0.3, -0.25) is 0 Å². The minimum atomic E-state index is -3.57. The van der Waals surface area contributed by atoms with Gasteiger partial charge in [0.25, 0.3) is 0 Å². The minimum absolute atomic E-state index is 0.232. The van der Waals surface area contributed by atoms with Gasteiger partial charge in [-0.2, -0.15) is 0 Å². The summed E-state index contributed by atoms with van der Waals surface area (Å²) in [5, 5.41) is 0. The molecule has 124 valence electrons. The van der Waals surface area contributed by atoms with Crippen LogP contribution < -0.4 is 4.72 Å². The molecule has 1 N–H and O–H groups in total. The Bertz CT molecular complexity index is 749. The summed E-state index contributed by atoms with van der Waals surface area (Å²) < 4.78 is 51.8. The smallest absolute Gasteiger partial charge is 0.213 e. The van der Waals surface area contributed by atoms with Crippen LogP contribution in [0.4, 0.5) is 0 Å². The second kappa shape index (κ2) is 6.27. The molecule has 1 aromatic rings. The van der Waals surface area contributed by atoms with E-state index in [1.807, 2.05) is 13.8 Å². The normalized spacial score (nSPS) is 18.5. The molecule has 1 aliphatic heterocycles. The van der Waals surface area contributed by atoms with E-state index in [4.69, 9.17) is 0 Å². The van der Waals surface area contributed by atoms with E-state index in [1.165, 1.54) is 10.6 Å². The zero-order valence-electron chi connectivity index (χ0n) is 13.0. The topological polar surface area (TPSA) is 83.6 Å². The second-order valence-electron chi connectivity index (χ2n) is 5.80. The fraction of sp³-hybridized carbons (Fsp3) is 0.571. The van der Waals surface area contributed by atoms with Crippen molar-refractivity contribution in [1.29, 1.82) is 0 Å². The van der Waals surface area contributed by atoms with Crippen molar-refractivity contribution in [2.24, 2.45) is 0 Å². The lowest BCUT2D eigenvalue weighted by atomic mass is 10.1. The number of piperidine rings is 1. The van der Waals surface area contributed by atoms with E-state index in [0.717, 1.165) is 11.1 Å². The molecule has 0 spiro atoms. The Morgan fingerprint density at radius 3 is 2.14 bits per heavy atom. The lowest BCUT2D eigenvalue weighted by Crippen LogP contribution is -2.46. The van der Waals surface area contributed by atoms with Crippen LogP contribution in [-0.4, -0.2) is 46.5 Å². The number of benzene rings is 1. The molecule has 0 aromatic heterocycles. The third kappa shape index (κ3) is 4.07. The lowest BCUT2D eigenvalue weighted by molar-refractivity contribution is 0.310. The monoisotopic (exact) mass is 346 g/mol. The van der Waals surface area contributed by atoms with Crippen LogP contribution >= 0.6 is 0 Å². The summed E-state index contributed by atoms with van der Waals surface area (Å²) in [6.45, 7) is 4.50. The maximum Gasteiger partial charge on any atom is 0.240 e. The first-order valence-corrected chi connectivity index (χ1v) is 10.5. The highest BCUT2D eigenvalue weighted by Gasteiger charge is 2.28. The standard InChI is InChI=1S/C14H22N2O4S2/c1-11-4-5-14(10-12(11)2)22(19,20)15-13-6-8-16(9-7-13)21(3,17)18/h4-5,10,13,15H,6-9H2,1-3H3. The quantitative estimate of drug-likeness (QED) is 0.882. The fourth-order valence-electron chi connectivity index (χ4n) is 2.47. The summed E-state index contributed by atoms with van der Waals surface area (Å²) in [6.07, 6.45) is 2.14. The van der Waals surface area contributed by atoms with E-state index in [-0.39, 0.29) is 10.9 Å². The molecular weight excluding hydrogens is 324 g/mol. The summed E-state index contributed by atoms with van der Waals surface area (Å²) in [6, 6.07) is 4.81. The Morgan fingerprint density at radius 1 is 1.05 bits per heavy atom. The number of nitrogens with one attached hydrogen (secondary N) is 1. The molecule has 8 heteroatoms. The van der Waals surface area contributed by atoms with Gasteiger partial charge in [0.1, 0.15) is 0 Å². The Hall–Kier alpha value is -0.960. The highest BCUT2D eigenvalue weighted by molar-refractivity contribution is 7.89. The van der Waals surface area contributed by atoms with Crippen LogP contribution in [0.25, 0.3) is 0 Å². The molecule has 1 saturated heterocycles. The van der Waals surface area contributed by atoms with Crippen molar-refractivity contribution in [3.05, 3.63) is 29.3 Å². The maximum atomic E-state index is 12.4. The molecule has 6 nitrogen and oxygen atoms in total. The Labute approximate surface area is 132 Å². The lowest BCUT2D eigenvalue weighted by Gasteiger charge is -2.30. The summed E-state index contributed by atoms with van der Waals surface area (Å²) >= 11 is 0. The van der Waals surface area contributed by atoms with Crippen molar-refractivity contribution in [1.82, 2.24) is 9.03 Å². The first kappa shape index (κ1) is 17.4. The van der Waals surface area contributed by atoms with Gasteiger partial charge in [0.15, 0.2) is 0 Å². The highest BCUT2D eigenvalue weighted by Crippen LogP contribution is 2.18. The SMILES string of the molecule is Cc1ccc(S(=O)(=O)NC2CCN(S(C)(=O)=O)CC2)cc1C. The van der Waals surface area contributed by atoms with E-state index < -0.39 is 20.0 Å². The molecule has 1 fully saturated rings. The van der Waals surface area contributed by atoms with E-state index in [1.54, 1.807) is 18.2 Å². The Morgan fingerprint density at radius 2 is 1.64 bits per heavy atom. The first-order valence-electron chi connectivity index (χ1n) is 7.14. The number of hydrogen-bond donors (Lipinski definition) is 1. The molecule has 0 saturated carbocycles. The van der Waals surface area contributed by atoms with E-state index >= 15 is 0 Å². The van der Waals surface area contributed by atoms with Gasteiger partial charge in [0.05, 0.1) is 11.2 Å². The van der Waals surface area contributed by atoms with Gasteiger partial charge < -0.3 is 0 Å². The molecular formula is C14H22N2O4S2. The predicted molar refractivity (Wildman–Crippen MR) is 85.7 cm³/mol. The van der Waals surface area contributed by atoms with Gasteiger partial charge in [-0.25, -0.2) is 25.9 Å². The zero-order valence-corrected chi connectivity index (χ0v) is 14.7. The first-order chi connectivity index (χ1) is 10.1. The van der Waals surface area contributed by atoms with Gasteiger partial charge in [0, 0.05) is 19.1 Å². The van der Waals surface area contributed by atoms with Crippen LogP contribution in [0.3, 0.4) is 0 Å². The molecule has 1 aromatic carbocycles. The number of nitrogens with zero attached hydrogens (tertiary/aromatic N) is 1. The summed E-state index contributed by atoms with van der Waals surface area (Å²) in [5.74, 6) is 0. The van der Waals surface area contributed by atoms with Gasteiger partial charge in [0.2, 0.25) is 20.0 Å². The van der Waals surface area contributed by atoms with Crippen molar-refractivity contribution in [2.75, 3.05) is 19.3 Å². The minimum Gasteiger partial charge on any atom is -0.213 e. The van der Waals surface area contributed by atoms with Gasteiger partial charge in [-0.1, -0.05) is 6.07 Å². The average molecular weight is 346 g/mol. The van der Waals surface area contributed by atoms with Crippen LogP contribution in [-0.2, 0) is 20.0 Å². The molecule has 0 amide bonds. The van der Waals surface area contributed by atoms with E-state index in [0.29, 0.717) is 25.9 Å². The van der Waals surface area contributed by atoms with Crippen LogP contribution in [0.1, 0.15) is 24.0 Å². The summed E-state index contributed by atoms with van der Waals surface area (Å²) in [4.78, 5) is 0.251. The highest BCUT2D eigenvalue weighted by atomic mass is 32.2. The van der Waals surface area contributed by atoms with Gasteiger partial charge in [-0.15, -0.1) is 0 Å². The molecule has 0 radical (unpaired) electrons. The van der Waals surface area contributed by atoms with Crippen molar-refractivity contribution < 1.29 is 16.8 Å². The number of sulfonamides is 2. The largest absolute Gasteiger partial charge is 0.240 e. The number of rotatable bonds is 4. The van der Waals surface area contributed by atoms with Crippen molar-refractivity contribution in [2.45, 2.75) is 37.6 Å². The predicted octanol–water partition coefficient (Wildman–Crippen LogP) is 1.01. The summed E-state index contributed by atoms with van der Waals surface area (Å²) in [5.41, 5.74) is 1.97. The van der Waals surface area contributed by atoms with Crippen molar-refractivity contribution in [3.8, 4) is 0 Å². The fourth-order valence-corrected chi connectivity index (χ4v) is 4.74. The van der Waals surface area contributed by atoms with Crippen LogP contribution in [0, 0.1) is 13.8 Å². The Kier molecular flexibility index (Phi) is 4.96. The molecule has 0 unspecified atom stereocenters. The van der Waals surface area contributed by atoms with Gasteiger partial charge >= 0.3 is 0 Å². The third-order valence-electron chi connectivity index (χ3n) is 4.03. The molecule has 0 atom stereocenters. The summed E-state index contributed by atoms with van der Waals surface area (Å²) in [7, 11) is -6.77. The van der Waals surface area contributed by atoms with Gasteiger partial charge in [-0.05, 0) is 49.9 Å². The molecule has 0 bridgehead atoms. The molecule has 2 rings (SSSR count). The average Bonchev–Trinajstić information content (AvgIpc) is 2.41. The van der Waals surface area contributed by atoms with Crippen molar-refractivity contribution in [3.63, 3.8) is 0 Å². The number of aryl methyl sites for hydroxylation is 2. The van der Waals surface area contributed by atoms with Crippen LogP contribution in [0.5, 0.6) is 0 Å². The van der Waals surface area contributed by atoms with E-state index in [9.17, 15) is 16.8 Å². The number of hydrogen-bond acceptors (Lipinski definition) is 4. The third-order valence-corrected chi connectivity index (χ3v) is 6.85. The van der Waals surface area contributed by atoms with E-state index in [2.05, 4.69) is 4.72 Å². The molecule has 1 aliphatic rings. The zero-order chi connectivity index (χ0) is 16.5. The van der Waals surface area contributed by atoms with Crippen molar-refractivity contribution >= 4 is 20.0 Å². The Balaban J connectivity index is 2.06. The molecule has 0 aliphatic carbocycles.